The van der Waals surface area contributed by atoms with Gasteiger partial charge in [-0.15, -0.1) is 0 Å². The zero-order valence-corrected chi connectivity index (χ0v) is 20.7. The summed E-state index contributed by atoms with van der Waals surface area (Å²) in [5, 5.41) is 9.94. The molecule has 1 atom stereocenters. The molecular formula is C23H33ClN6O2. The minimum absolute atomic E-state index is 0.0235. The van der Waals surface area contributed by atoms with Crippen molar-refractivity contribution < 1.29 is 9.32 Å². The molecule has 0 aliphatic rings. The second-order valence-corrected chi connectivity index (χ2v) is 8.94. The van der Waals surface area contributed by atoms with Crippen molar-refractivity contribution in [2.75, 3.05) is 14.1 Å². The molecule has 0 bridgehead atoms. The first-order chi connectivity index (χ1) is 15.3. The Morgan fingerprint density at radius 1 is 1.19 bits per heavy atom. The standard InChI is InChI=1S/C23H33ClN6O2/c1-7-9-11-16-19(28-32-20(16)17(31)12-10-8-2)22-25-21(24)18-15(4)27-30(23(18)26-22)13-14(3)29(5)6/h14H,7-13H2,1-6H3. The van der Waals surface area contributed by atoms with E-state index in [1.54, 1.807) is 0 Å². The first kappa shape index (κ1) is 24.3. The Labute approximate surface area is 194 Å². The van der Waals surface area contributed by atoms with Gasteiger partial charge >= 0.3 is 0 Å². The van der Waals surface area contributed by atoms with Gasteiger partial charge in [-0.05, 0) is 47.2 Å². The summed E-state index contributed by atoms with van der Waals surface area (Å²) in [6.45, 7) is 8.86. The number of hydrogen-bond acceptors (Lipinski definition) is 7. The van der Waals surface area contributed by atoms with Crippen LogP contribution in [0.15, 0.2) is 4.52 Å². The van der Waals surface area contributed by atoms with Crippen LogP contribution in [-0.4, -0.2) is 55.7 Å². The van der Waals surface area contributed by atoms with E-state index >= 15 is 0 Å². The molecule has 1 unspecified atom stereocenters. The van der Waals surface area contributed by atoms with Crippen LogP contribution in [0.1, 0.15) is 74.7 Å². The molecule has 3 heterocycles. The van der Waals surface area contributed by atoms with Gasteiger partial charge in [-0.3, -0.25) is 4.79 Å². The molecule has 0 fully saturated rings. The molecule has 0 amide bonds. The summed E-state index contributed by atoms with van der Waals surface area (Å²) >= 11 is 6.58. The summed E-state index contributed by atoms with van der Waals surface area (Å²) < 4.78 is 7.40. The smallest absolute Gasteiger partial charge is 0.206 e. The number of likely N-dealkylation sites (N-methyl/N-ethyl adjacent to an activating group) is 1. The fourth-order valence-corrected chi connectivity index (χ4v) is 3.89. The van der Waals surface area contributed by atoms with Crippen molar-refractivity contribution >= 4 is 28.4 Å². The number of aryl methyl sites for hydroxylation is 1. The molecule has 32 heavy (non-hydrogen) atoms. The van der Waals surface area contributed by atoms with Crippen LogP contribution in [0.25, 0.3) is 22.6 Å². The van der Waals surface area contributed by atoms with Crippen LogP contribution in [-0.2, 0) is 13.0 Å². The predicted molar refractivity (Wildman–Crippen MR) is 126 cm³/mol. The third-order valence-electron chi connectivity index (χ3n) is 5.83. The molecule has 3 rings (SSSR count). The topological polar surface area (TPSA) is 89.9 Å². The normalized spacial score (nSPS) is 12.8. The molecule has 3 aromatic heterocycles. The van der Waals surface area contributed by atoms with E-state index in [0.29, 0.717) is 47.5 Å². The Morgan fingerprint density at radius 3 is 2.56 bits per heavy atom. The summed E-state index contributed by atoms with van der Waals surface area (Å²) in [4.78, 5) is 24.2. The molecule has 0 aliphatic heterocycles. The highest BCUT2D eigenvalue weighted by molar-refractivity contribution is 6.34. The lowest BCUT2D eigenvalue weighted by molar-refractivity contribution is 0.0942. The van der Waals surface area contributed by atoms with Crippen molar-refractivity contribution in [2.24, 2.45) is 0 Å². The highest BCUT2D eigenvalue weighted by Crippen LogP contribution is 2.31. The largest absolute Gasteiger partial charge is 0.352 e. The lowest BCUT2D eigenvalue weighted by atomic mass is 10.0. The molecule has 0 radical (unpaired) electrons. The van der Waals surface area contributed by atoms with Crippen LogP contribution in [0.2, 0.25) is 5.15 Å². The molecule has 0 saturated carbocycles. The number of ketones is 1. The maximum atomic E-state index is 12.7. The number of aromatic nitrogens is 5. The summed E-state index contributed by atoms with van der Waals surface area (Å²) in [5.74, 6) is 0.669. The lowest BCUT2D eigenvalue weighted by Gasteiger charge is -2.19. The van der Waals surface area contributed by atoms with Gasteiger partial charge in [0, 0.05) is 18.0 Å². The Hall–Kier alpha value is -2.32. The summed E-state index contributed by atoms with van der Waals surface area (Å²) in [6, 6.07) is 0.254. The van der Waals surface area contributed by atoms with Crippen molar-refractivity contribution in [3.63, 3.8) is 0 Å². The molecule has 0 aliphatic carbocycles. The molecule has 3 aromatic rings. The highest BCUT2D eigenvalue weighted by atomic mass is 35.5. The number of carbonyl (C=O) groups is 1. The second kappa shape index (κ2) is 10.5. The molecule has 0 N–H and O–H groups in total. The van der Waals surface area contributed by atoms with E-state index in [1.165, 1.54) is 0 Å². The summed E-state index contributed by atoms with van der Waals surface area (Å²) in [7, 11) is 4.06. The van der Waals surface area contributed by atoms with Crippen molar-refractivity contribution in [2.45, 2.75) is 78.8 Å². The molecule has 8 nitrogen and oxygen atoms in total. The van der Waals surface area contributed by atoms with Crippen LogP contribution in [0.3, 0.4) is 0 Å². The molecule has 9 heteroatoms. The van der Waals surface area contributed by atoms with E-state index in [4.69, 9.17) is 21.1 Å². The van der Waals surface area contributed by atoms with Gasteiger partial charge in [0.25, 0.3) is 0 Å². The molecule has 174 valence electrons. The monoisotopic (exact) mass is 460 g/mol. The second-order valence-electron chi connectivity index (χ2n) is 8.59. The van der Waals surface area contributed by atoms with Crippen molar-refractivity contribution in [1.29, 1.82) is 0 Å². The summed E-state index contributed by atoms with van der Waals surface area (Å²) in [5.41, 5.74) is 2.71. The van der Waals surface area contributed by atoms with Gasteiger partial charge in [-0.2, -0.15) is 5.10 Å². The summed E-state index contributed by atoms with van der Waals surface area (Å²) in [6.07, 6.45) is 4.79. The van der Waals surface area contributed by atoms with Crippen LogP contribution >= 0.6 is 11.6 Å². The third-order valence-corrected chi connectivity index (χ3v) is 6.11. The number of hydrogen-bond donors (Lipinski definition) is 0. The van der Waals surface area contributed by atoms with Gasteiger partial charge in [0.2, 0.25) is 11.5 Å². The maximum absolute atomic E-state index is 12.7. The van der Waals surface area contributed by atoms with E-state index < -0.39 is 0 Å². The minimum atomic E-state index is -0.0235. The number of carbonyl (C=O) groups excluding carboxylic acids is 1. The van der Waals surface area contributed by atoms with Gasteiger partial charge in [0.15, 0.2) is 17.2 Å². The van der Waals surface area contributed by atoms with Crippen LogP contribution in [0.5, 0.6) is 0 Å². The molecule has 0 saturated heterocycles. The van der Waals surface area contributed by atoms with Gasteiger partial charge in [-0.1, -0.05) is 43.4 Å². The van der Waals surface area contributed by atoms with Crippen molar-refractivity contribution in [1.82, 2.24) is 29.8 Å². The fourth-order valence-electron chi connectivity index (χ4n) is 3.59. The Bertz CT molecular complexity index is 1090. The SMILES string of the molecule is CCCCC(=O)c1onc(-c2nc(Cl)c3c(C)nn(CC(C)N(C)C)c3n2)c1CCCC. The fraction of sp³-hybridized carbons (Fsp3) is 0.609. The molecular weight excluding hydrogens is 428 g/mol. The van der Waals surface area contributed by atoms with E-state index in [0.717, 1.165) is 42.3 Å². The number of unbranched alkanes of at least 4 members (excludes halogenated alkanes) is 2. The van der Waals surface area contributed by atoms with Gasteiger partial charge in [-0.25, -0.2) is 14.6 Å². The Kier molecular flexibility index (Phi) is 8.00. The number of fused-ring (bicyclic) bond motifs is 1. The van der Waals surface area contributed by atoms with Crippen molar-refractivity contribution in [3.05, 3.63) is 22.2 Å². The third kappa shape index (κ3) is 5.02. The Balaban J connectivity index is 2.10. The number of nitrogens with zero attached hydrogens (tertiary/aromatic N) is 6. The molecule has 0 aromatic carbocycles. The highest BCUT2D eigenvalue weighted by Gasteiger charge is 2.26. The van der Waals surface area contributed by atoms with E-state index in [1.807, 2.05) is 25.7 Å². The first-order valence-electron chi connectivity index (χ1n) is 11.4. The van der Waals surface area contributed by atoms with Crippen LogP contribution in [0, 0.1) is 6.92 Å². The quantitative estimate of drug-likeness (QED) is 0.290. The van der Waals surface area contributed by atoms with Gasteiger partial charge < -0.3 is 9.42 Å². The predicted octanol–water partition coefficient (Wildman–Crippen LogP) is 5.11. The minimum Gasteiger partial charge on any atom is -0.352 e. The van der Waals surface area contributed by atoms with Gasteiger partial charge in [0.1, 0.15) is 5.15 Å². The average molecular weight is 461 g/mol. The molecule has 0 spiro atoms. The lowest BCUT2D eigenvalue weighted by Crippen LogP contribution is -2.29. The van der Waals surface area contributed by atoms with E-state index in [2.05, 4.69) is 40.9 Å². The number of Topliss-reactive ketones (excluding diaryl/α,β-unsaturated/α-hetero) is 1. The number of halogens is 1. The van der Waals surface area contributed by atoms with Crippen LogP contribution < -0.4 is 0 Å². The average Bonchev–Trinajstić information content (AvgIpc) is 3.31. The number of rotatable bonds is 11. The Morgan fingerprint density at radius 2 is 1.91 bits per heavy atom. The van der Waals surface area contributed by atoms with E-state index in [9.17, 15) is 4.79 Å². The van der Waals surface area contributed by atoms with E-state index in [-0.39, 0.29) is 11.8 Å². The zero-order valence-electron chi connectivity index (χ0n) is 19.9. The zero-order chi connectivity index (χ0) is 23.4. The van der Waals surface area contributed by atoms with Crippen molar-refractivity contribution in [3.8, 4) is 11.5 Å². The van der Waals surface area contributed by atoms with Crippen LogP contribution in [0.4, 0.5) is 0 Å². The first-order valence-corrected chi connectivity index (χ1v) is 11.7. The maximum Gasteiger partial charge on any atom is 0.206 e. The van der Waals surface area contributed by atoms with Gasteiger partial charge in [0.05, 0.1) is 17.6 Å².